The molecule has 1 N–H and O–H groups in total. The van der Waals surface area contributed by atoms with Crippen molar-refractivity contribution in [3.8, 4) is 5.75 Å². The lowest BCUT2D eigenvalue weighted by molar-refractivity contribution is -0.0885. The fourth-order valence-corrected chi connectivity index (χ4v) is 2.51. The van der Waals surface area contributed by atoms with Gasteiger partial charge in [0.25, 0.3) is 0 Å². The van der Waals surface area contributed by atoms with Gasteiger partial charge in [-0.3, -0.25) is 0 Å². The van der Waals surface area contributed by atoms with Crippen molar-refractivity contribution in [1.29, 1.82) is 0 Å². The average molecular weight is 346 g/mol. The van der Waals surface area contributed by atoms with Crippen molar-refractivity contribution in [3.05, 3.63) is 42.5 Å². The van der Waals surface area contributed by atoms with Gasteiger partial charge in [-0.1, -0.05) is 25.9 Å². The fraction of sp³-hybridized carbons (Fsp3) is 0.500. The maximum Gasteiger partial charge on any atom is 0.219 e. The standard InChI is InChI=1S/C18H26N4O3/c1-5-18(3,6-2)16(23)17(22-13-19-12-20-22)25-15-9-7-14(8-10-15)11-21-24-4/h7-13,16-17,23H,5-6H2,1-4H3. The largest absolute Gasteiger partial charge is 0.466 e. The van der Waals surface area contributed by atoms with Gasteiger partial charge >= 0.3 is 0 Å². The first-order valence-electron chi connectivity index (χ1n) is 8.39. The summed E-state index contributed by atoms with van der Waals surface area (Å²) in [5.41, 5.74) is 0.598. The first kappa shape index (κ1) is 18.9. The van der Waals surface area contributed by atoms with E-state index in [1.54, 1.807) is 17.2 Å². The Balaban J connectivity index is 2.24. The summed E-state index contributed by atoms with van der Waals surface area (Å²) in [5.74, 6) is 0.628. The maximum absolute atomic E-state index is 11.0. The van der Waals surface area contributed by atoms with Gasteiger partial charge in [0.15, 0.2) is 0 Å². The summed E-state index contributed by atoms with van der Waals surface area (Å²) in [6, 6.07) is 7.37. The molecule has 2 atom stereocenters. The molecule has 2 unspecified atom stereocenters. The minimum Gasteiger partial charge on any atom is -0.466 e. The van der Waals surface area contributed by atoms with Gasteiger partial charge in [0.1, 0.15) is 31.6 Å². The second kappa shape index (κ2) is 8.62. The summed E-state index contributed by atoms with van der Waals surface area (Å²) >= 11 is 0. The third-order valence-corrected chi connectivity index (χ3v) is 4.74. The molecule has 0 aliphatic rings. The van der Waals surface area contributed by atoms with Crippen molar-refractivity contribution in [1.82, 2.24) is 14.8 Å². The van der Waals surface area contributed by atoms with E-state index in [0.29, 0.717) is 5.75 Å². The SMILES string of the molecule is CCC(C)(CC)C(O)C(Oc1ccc(C=NOC)cc1)n1cncn1. The molecule has 0 radical (unpaired) electrons. The lowest BCUT2D eigenvalue weighted by Crippen LogP contribution is -2.41. The summed E-state index contributed by atoms with van der Waals surface area (Å²) in [4.78, 5) is 8.65. The van der Waals surface area contributed by atoms with Crippen LogP contribution in [0.1, 0.15) is 45.4 Å². The van der Waals surface area contributed by atoms with Gasteiger partial charge in [0, 0.05) is 0 Å². The highest BCUT2D eigenvalue weighted by atomic mass is 16.6. The maximum atomic E-state index is 11.0. The van der Waals surface area contributed by atoms with Crippen molar-refractivity contribution >= 4 is 6.21 Å². The molecule has 1 aromatic heterocycles. The van der Waals surface area contributed by atoms with Crippen molar-refractivity contribution in [2.45, 2.75) is 45.9 Å². The molecule has 2 aromatic rings. The van der Waals surface area contributed by atoms with Gasteiger partial charge in [-0.15, -0.1) is 0 Å². The zero-order valence-electron chi connectivity index (χ0n) is 15.2. The predicted molar refractivity (Wildman–Crippen MR) is 95.4 cm³/mol. The van der Waals surface area contributed by atoms with Crippen LogP contribution in [-0.4, -0.2) is 39.3 Å². The van der Waals surface area contributed by atoms with Gasteiger partial charge in [-0.25, -0.2) is 9.67 Å². The molecule has 7 heteroatoms. The van der Waals surface area contributed by atoms with Gasteiger partial charge in [-0.05, 0) is 48.1 Å². The summed E-state index contributed by atoms with van der Waals surface area (Å²) < 4.78 is 7.61. The number of oxime groups is 1. The van der Waals surface area contributed by atoms with Crippen LogP contribution in [0.25, 0.3) is 0 Å². The minimum absolute atomic E-state index is 0.290. The molecular formula is C18H26N4O3. The lowest BCUT2D eigenvalue weighted by atomic mass is 9.78. The molecule has 0 spiro atoms. The Morgan fingerprint density at radius 3 is 2.48 bits per heavy atom. The molecule has 0 amide bonds. The molecule has 0 aliphatic carbocycles. The molecule has 0 fully saturated rings. The van der Waals surface area contributed by atoms with Gasteiger partial charge < -0.3 is 14.7 Å². The van der Waals surface area contributed by atoms with Crippen LogP contribution in [0.2, 0.25) is 0 Å². The van der Waals surface area contributed by atoms with E-state index < -0.39 is 12.3 Å². The van der Waals surface area contributed by atoms with Crippen molar-refractivity contribution in [2.24, 2.45) is 10.6 Å². The molecule has 2 rings (SSSR count). The molecule has 1 heterocycles. The molecular weight excluding hydrogens is 320 g/mol. The van der Waals surface area contributed by atoms with E-state index in [2.05, 4.69) is 40.8 Å². The predicted octanol–water partition coefficient (Wildman–Crippen LogP) is 3.02. The lowest BCUT2D eigenvalue weighted by Gasteiger charge is -2.37. The first-order chi connectivity index (χ1) is 12.0. The number of hydrogen-bond acceptors (Lipinski definition) is 6. The molecule has 0 saturated carbocycles. The summed E-state index contributed by atoms with van der Waals surface area (Å²) in [6.45, 7) is 6.18. The highest BCUT2D eigenvalue weighted by Gasteiger charge is 2.38. The third kappa shape index (κ3) is 4.57. The Bertz CT molecular complexity index is 651. The van der Waals surface area contributed by atoms with E-state index in [9.17, 15) is 5.11 Å². The topological polar surface area (TPSA) is 81.8 Å². The van der Waals surface area contributed by atoms with Gasteiger partial charge in [-0.2, -0.15) is 5.10 Å². The summed E-state index contributed by atoms with van der Waals surface area (Å²) in [7, 11) is 1.50. The van der Waals surface area contributed by atoms with Crippen LogP contribution in [0, 0.1) is 5.41 Å². The number of aromatic nitrogens is 3. The Morgan fingerprint density at radius 1 is 1.28 bits per heavy atom. The van der Waals surface area contributed by atoms with Crippen molar-refractivity contribution in [3.63, 3.8) is 0 Å². The molecule has 0 saturated heterocycles. The van der Waals surface area contributed by atoms with Crippen LogP contribution < -0.4 is 4.74 Å². The van der Waals surface area contributed by atoms with Crippen LogP contribution >= 0.6 is 0 Å². The molecule has 136 valence electrons. The number of aliphatic hydroxyl groups is 1. The second-order valence-electron chi connectivity index (χ2n) is 6.18. The smallest absolute Gasteiger partial charge is 0.219 e. The number of aliphatic hydroxyl groups excluding tert-OH is 1. The Kier molecular flexibility index (Phi) is 6.52. The zero-order chi connectivity index (χ0) is 18.3. The van der Waals surface area contributed by atoms with E-state index >= 15 is 0 Å². The van der Waals surface area contributed by atoms with E-state index in [1.165, 1.54) is 13.4 Å². The first-order valence-corrected chi connectivity index (χ1v) is 8.39. The minimum atomic E-state index is -0.737. The Labute approximate surface area is 148 Å². The third-order valence-electron chi connectivity index (χ3n) is 4.74. The molecule has 25 heavy (non-hydrogen) atoms. The molecule has 7 nitrogen and oxygen atoms in total. The number of ether oxygens (including phenoxy) is 1. The second-order valence-corrected chi connectivity index (χ2v) is 6.18. The van der Waals surface area contributed by atoms with E-state index in [4.69, 9.17) is 4.74 Å². The van der Waals surface area contributed by atoms with Crippen molar-refractivity contribution < 1.29 is 14.7 Å². The van der Waals surface area contributed by atoms with Crippen LogP contribution in [0.5, 0.6) is 5.75 Å². The number of benzene rings is 1. The quantitative estimate of drug-likeness (QED) is 0.557. The van der Waals surface area contributed by atoms with Crippen LogP contribution in [0.3, 0.4) is 0 Å². The Hall–Kier alpha value is -2.41. The highest BCUT2D eigenvalue weighted by molar-refractivity contribution is 5.79. The van der Waals surface area contributed by atoms with E-state index in [0.717, 1.165) is 18.4 Å². The highest BCUT2D eigenvalue weighted by Crippen LogP contribution is 2.36. The van der Waals surface area contributed by atoms with E-state index in [-0.39, 0.29) is 5.41 Å². The van der Waals surface area contributed by atoms with Gasteiger partial charge in [0.05, 0.1) is 6.21 Å². The van der Waals surface area contributed by atoms with Crippen LogP contribution in [0.15, 0.2) is 42.1 Å². The average Bonchev–Trinajstić information content (AvgIpc) is 3.18. The normalized spacial score (nSPS) is 14.4. The number of rotatable bonds is 9. The molecule has 0 bridgehead atoms. The zero-order valence-corrected chi connectivity index (χ0v) is 15.2. The fourth-order valence-electron chi connectivity index (χ4n) is 2.51. The van der Waals surface area contributed by atoms with Crippen LogP contribution in [0.4, 0.5) is 0 Å². The molecule has 0 aliphatic heterocycles. The van der Waals surface area contributed by atoms with Crippen molar-refractivity contribution in [2.75, 3.05) is 7.11 Å². The monoisotopic (exact) mass is 346 g/mol. The molecule has 1 aromatic carbocycles. The van der Waals surface area contributed by atoms with Crippen LogP contribution in [-0.2, 0) is 4.84 Å². The Morgan fingerprint density at radius 2 is 1.96 bits per heavy atom. The number of hydrogen-bond donors (Lipinski definition) is 1. The summed E-state index contributed by atoms with van der Waals surface area (Å²) in [5, 5.41) is 18.9. The van der Waals surface area contributed by atoms with Gasteiger partial charge in [0.2, 0.25) is 6.23 Å². The number of nitrogens with zero attached hydrogens (tertiary/aromatic N) is 4. The summed E-state index contributed by atoms with van der Waals surface area (Å²) in [6.07, 6.45) is 4.85. The van der Waals surface area contributed by atoms with E-state index in [1.807, 2.05) is 24.3 Å².